The van der Waals surface area contributed by atoms with Crippen molar-refractivity contribution < 1.29 is 17.5 Å². The third-order valence-electron chi connectivity index (χ3n) is 2.50. The molecule has 0 aliphatic carbocycles. The van der Waals surface area contributed by atoms with Gasteiger partial charge < -0.3 is 0 Å². The van der Waals surface area contributed by atoms with Gasteiger partial charge in [0, 0.05) is 17.4 Å². The van der Waals surface area contributed by atoms with Crippen molar-refractivity contribution in [2.24, 2.45) is 0 Å². The Bertz CT molecular complexity index is 694. The van der Waals surface area contributed by atoms with Gasteiger partial charge in [-0.25, -0.2) is 0 Å². The van der Waals surface area contributed by atoms with Gasteiger partial charge in [0.15, 0.2) is 4.90 Å². The number of benzene rings is 1. The van der Waals surface area contributed by atoms with Crippen LogP contribution in [0.1, 0.15) is 4.88 Å². The summed E-state index contributed by atoms with van der Waals surface area (Å²) >= 11 is 1.49. The van der Waals surface area contributed by atoms with Gasteiger partial charge in [0.25, 0.3) is 5.69 Å². The Morgan fingerprint density at radius 1 is 1.20 bits per heavy atom. The SMILES string of the molecule is O=[N+]([O-])c1ccccc1S(=O)(=O)OCCc1cccs1. The number of nitrogens with zero attached hydrogens (tertiary/aromatic N) is 1. The van der Waals surface area contributed by atoms with Gasteiger partial charge in [-0.1, -0.05) is 18.2 Å². The van der Waals surface area contributed by atoms with E-state index in [1.807, 2.05) is 17.5 Å². The minimum atomic E-state index is -4.13. The van der Waals surface area contributed by atoms with Crippen LogP contribution in [0.4, 0.5) is 5.69 Å². The van der Waals surface area contributed by atoms with Gasteiger partial charge >= 0.3 is 10.1 Å². The van der Waals surface area contributed by atoms with Gasteiger partial charge in [0.2, 0.25) is 0 Å². The first kappa shape index (κ1) is 14.6. The molecule has 0 radical (unpaired) electrons. The van der Waals surface area contributed by atoms with E-state index in [0.29, 0.717) is 6.42 Å². The highest BCUT2D eigenvalue weighted by atomic mass is 32.2. The smallest absolute Gasteiger partial charge is 0.266 e. The molecule has 0 atom stereocenters. The van der Waals surface area contributed by atoms with E-state index < -0.39 is 25.6 Å². The number of nitro groups is 1. The Balaban J connectivity index is 2.12. The Hall–Kier alpha value is -1.77. The lowest BCUT2D eigenvalue weighted by molar-refractivity contribution is -0.387. The maximum Gasteiger partial charge on any atom is 0.303 e. The average molecular weight is 313 g/mol. The lowest BCUT2D eigenvalue weighted by Crippen LogP contribution is -2.10. The molecule has 20 heavy (non-hydrogen) atoms. The average Bonchev–Trinajstić information content (AvgIpc) is 2.91. The fraction of sp³-hybridized carbons (Fsp3) is 0.167. The normalized spacial score (nSPS) is 11.4. The summed E-state index contributed by atoms with van der Waals surface area (Å²) in [4.78, 5) is 10.6. The molecular formula is C12H11NO5S2. The molecule has 0 saturated heterocycles. The van der Waals surface area contributed by atoms with Crippen LogP contribution >= 0.6 is 11.3 Å². The van der Waals surface area contributed by atoms with E-state index in [1.54, 1.807) is 0 Å². The third kappa shape index (κ3) is 3.41. The standard InChI is InChI=1S/C12H11NO5S2/c14-13(15)11-5-1-2-6-12(11)20(16,17)18-8-7-10-4-3-9-19-10/h1-6,9H,7-8H2. The molecule has 0 saturated carbocycles. The fourth-order valence-corrected chi connectivity index (χ4v) is 3.35. The summed E-state index contributed by atoms with van der Waals surface area (Å²) in [7, 11) is -4.13. The van der Waals surface area contributed by atoms with Crippen molar-refractivity contribution in [1.82, 2.24) is 0 Å². The maximum absolute atomic E-state index is 12.0. The van der Waals surface area contributed by atoms with E-state index >= 15 is 0 Å². The number of para-hydroxylation sites is 1. The maximum atomic E-state index is 12.0. The van der Waals surface area contributed by atoms with Crippen LogP contribution in [0.5, 0.6) is 0 Å². The molecule has 1 aromatic heterocycles. The second kappa shape index (κ2) is 6.12. The van der Waals surface area contributed by atoms with Crippen LogP contribution in [0, 0.1) is 10.1 Å². The molecule has 0 aliphatic heterocycles. The quantitative estimate of drug-likeness (QED) is 0.465. The molecule has 0 fully saturated rings. The van der Waals surface area contributed by atoms with Gasteiger partial charge in [0.1, 0.15) is 0 Å². The zero-order valence-electron chi connectivity index (χ0n) is 10.3. The monoisotopic (exact) mass is 313 g/mol. The van der Waals surface area contributed by atoms with Crippen molar-refractivity contribution in [2.45, 2.75) is 11.3 Å². The molecule has 0 spiro atoms. The predicted octanol–water partition coefficient (Wildman–Crippen LogP) is 2.60. The minimum Gasteiger partial charge on any atom is -0.266 e. The van der Waals surface area contributed by atoms with E-state index in [-0.39, 0.29) is 6.61 Å². The third-order valence-corrected chi connectivity index (χ3v) is 4.80. The fourth-order valence-electron chi connectivity index (χ4n) is 1.59. The molecule has 2 rings (SSSR count). The zero-order valence-corrected chi connectivity index (χ0v) is 11.9. The van der Waals surface area contributed by atoms with Crippen molar-refractivity contribution >= 4 is 27.1 Å². The summed E-state index contributed by atoms with van der Waals surface area (Å²) in [5, 5.41) is 12.7. The van der Waals surface area contributed by atoms with Crippen molar-refractivity contribution in [3.63, 3.8) is 0 Å². The highest BCUT2D eigenvalue weighted by Crippen LogP contribution is 2.24. The first-order chi connectivity index (χ1) is 9.50. The molecule has 0 unspecified atom stereocenters. The lowest BCUT2D eigenvalue weighted by Gasteiger charge is -2.05. The van der Waals surface area contributed by atoms with Crippen LogP contribution < -0.4 is 0 Å². The van der Waals surface area contributed by atoms with Crippen molar-refractivity contribution in [3.8, 4) is 0 Å². The molecule has 8 heteroatoms. The van der Waals surface area contributed by atoms with Crippen molar-refractivity contribution in [3.05, 3.63) is 56.8 Å². The van der Waals surface area contributed by atoms with Gasteiger partial charge in [-0.3, -0.25) is 14.3 Å². The first-order valence-electron chi connectivity index (χ1n) is 5.66. The van der Waals surface area contributed by atoms with Crippen LogP contribution in [0.2, 0.25) is 0 Å². The highest BCUT2D eigenvalue weighted by Gasteiger charge is 2.25. The number of nitro benzene ring substituents is 1. The molecule has 0 bridgehead atoms. The molecule has 2 aromatic rings. The predicted molar refractivity (Wildman–Crippen MR) is 74.3 cm³/mol. The Morgan fingerprint density at radius 2 is 1.95 bits per heavy atom. The van der Waals surface area contributed by atoms with E-state index in [1.165, 1.54) is 29.5 Å². The van der Waals surface area contributed by atoms with E-state index in [4.69, 9.17) is 4.18 Å². The second-order valence-corrected chi connectivity index (χ2v) is 6.45. The molecule has 1 aromatic carbocycles. The van der Waals surface area contributed by atoms with Gasteiger partial charge in [-0.15, -0.1) is 11.3 Å². The summed E-state index contributed by atoms with van der Waals surface area (Å²) in [5.41, 5.74) is -0.483. The van der Waals surface area contributed by atoms with Crippen molar-refractivity contribution in [1.29, 1.82) is 0 Å². The van der Waals surface area contributed by atoms with Crippen LogP contribution in [0.3, 0.4) is 0 Å². The Morgan fingerprint density at radius 3 is 2.60 bits per heavy atom. The lowest BCUT2D eigenvalue weighted by atomic mass is 10.3. The summed E-state index contributed by atoms with van der Waals surface area (Å²) in [6.07, 6.45) is 0.442. The minimum absolute atomic E-state index is 0.0467. The molecule has 0 aliphatic rings. The van der Waals surface area contributed by atoms with Crippen LogP contribution in [-0.4, -0.2) is 19.9 Å². The van der Waals surface area contributed by atoms with E-state index in [0.717, 1.165) is 10.9 Å². The summed E-state index contributed by atoms with van der Waals surface area (Å²) in [6, 6.07) is 8.85. The molecule has 0 N–H and O–H groups in total. The number of hydrogen-bond donors (Lipinski definition) is 0. The Labute approximate surface area is 119 Å². The van der Waals surface area contributed by atoms with E-state index in [9.17, 15) is 18.5 Å². The number of hydrogen-bond acceptors (Lipinski definition) is 6. The molecule has 0 amide bonds. The topological polar surface area (TPSA) is 86.5 Å². The van der Waals surface area contributed by atoms with Gasteiger partial charge in [-0.05, 0) is 17.5 Å². The summed E-state index contributed by atoms with van der Waals surface area (Å²) < 4.78 is 28.8. The van der Waals surface area contributed by atoms with Crippen LogP contribution in [-0.2, 0) is 20.7 Å². The largest absolute Gasteiger partial charge is 0.303 e. The van der Waals surface area contributed by atoms with Crippen LogP contribution in [0.15, 0.2) is 46.7 Å². The van der Waals surface area contributed by atoms with Crippen molar-refractivity contribution in [2.75, 3.05) is 6.61 Å². The zero-order chi connectivity index (χ0) is 14.6. The molecule has 106 valence electrons. The van der Waals surface area contributed by atoms with Gasteiger partial charge in [0.05, 0.1) is 11.5 Å². The first-order valence-corrected chi connectivity index (χ1v) is 7.95. The van der Waals surface area contributed by atoms with E-state index in [2.05, 4.69) is 0 Å². The molecule has 1 heterocycles. The number of rotatable bonds is 6. The Kier molecular flexibility index (Phi) is 4.48. The number of thiophene rings is 1. The summed E-state index contributed by atoms with van der Waals surface area (Å²) in [6.45, 7) is -0.0467. The van der Waals surface area contributed by atoms with Crippen LogP contribution in [0.25, 0.3) is 0 Å². The molecule has 6 nitrogen and oxygen atoms in total. The second-order valence-electron chi connectivity index (χ2n) is 3.83. The molecular weight excluding hydrogens is 302 g/mol. The van der Waals surface area contributed by atoms with Gasteiger partial charge in [-0.2, -0.15) is 8.42 Å². The highest BCUT2D eigenvalue weighted by molar-refractivity contribution is 7.87. The summed E-state index contributed by atoms with van der Waals surface area (Å²) in [5.74, 6) is 0.